The van der Waals surface area contributed by atoms with Crippen molar-refractivity contribution in [3.63, 3.8) is 0 Å². The molecular formula is C17H35IN4O4. The minimum atomic E-state index is -0.0753. The van der Waals surface area contributed by atoms with E-state index in [-0.39, 0.29) is 48.5 Å². The van der Waals surface area contributed by atoms with E-state index in [9.17, 15) is 9.90 Å². The Bertz CT molecular complexity index is 416. The first-order valence-corrected chi connectivity index (χ1v) is 9.01. The second-order valence-corrected chi connectivity index (χ2v) is 6.56. The van der Waals surface area contributed by atoms with Gasteiger partial charge in [-0.15, -0.1) is 24.0 Å². The van der Waals surface area contributed by atoms with Gasteiger partial charge in [0.15, 0.2) is 5.96 Å². The number of ether oxygens (including phenoxy) is 2. The molecule has 154 valence electrons. The van der Waals surface area contributed by atoms with Crippen LogP contribution in [0.15, 0.2) is 4.99 Å². The van der Waals surface area contributed by atoms with Crippen molar-refractivity contribution in [2.75, 3.05) is 66.8 Å². The Kier molecular flexibility index (Phi) is 14.1. The Morgan fingerprint density at radius 1 is 1.38 bits per heavy atom. The second kappa shape index (κ2) is 14.4. The maximum Gasteiger partial charge on any atom is 0.243 e. The minimum absolute atomic E-state index is 0. The normalized spacial score (nSPS) is 19.8. The number of rotatable bonds is 11. The lowest BCUT2D eigenvalue weighted by molar-refractivity contribution is -0.127. The molecule has 1 amide bonds. The van der Waals surface area contributed by atoms with Crippen molar-refractivity contribution >= 4 is 35.8 Å². The van der Waals surface area contributed by atoms with Crippen LogP contribution in [0.5, 0.6) is 0 Å². The average molecular weight is 486 g/mol. The van der Waals surface area contributed by atoms with E-state index in [2.05, 4.69) is 15.6 Å². The Morgan fingerprint density at radius 2 is 2.15 bits per heavy atom. The molecule has 1 fully saturated rings. The Morgan fingerprint density at radius 3 is 2.73 bits per heavy atom. The molecule has 0 aromatic rings. The highest BCUT2D eigenvalue weighted by atomic mass is 127. The van der Waals surface area contributed by atoms with Crippen molar-refractivity contribution in [2.45, 2.75) is 26.2 Å². The van der Waals surface area contributed by atoms with E-state index in [0.717, 1.165) is 19.4 Å². The lowest BCUT2D eigenvalue weighted by Gasteiger charge is -2.27. The third-order valence-electron chi connectivity index (χ3n) is 4.29. The molecule has 1 aliphatic rings. The Hall–Kier alpha value is -0.650. The summed E-state index contributed by atoms with van der Waals surface area (Å²) in [6.07, 6.45) is 2.46. The number of aliphatic imine (C=N–C) groups is 1. The highest BCUT2D eigenvalue weighted by Crippen LogP contribution is 2.31. The quantitative estimate of drug-likeness (QED) is 0.170. The zero-order valence-corrected chi connectivity index (χ0v) is 18.6. The second-order valence-electron chi connectivity index (χ2n) is 6.56. The number of nitrogens with zero attached hydrogens (tertiary/aromatic N) is 2. The highest BCUT2D eigenvalue weighted by molar-refractivity contribution is 14.0. The fourth-order valence-corrected chi connectivity index (χ4v) is 2.57. The number of aliphatic hydroxyl groups excluding tert-OH is 1. The van der Waals surface area contributed by atoms with Gasteiger partial charge in [0.05, 0.1) is 6.61 Å². The van der Waals surface area contributed by atoms with Gasteiger partial charge >= 0.3 is 0 Å². The summed E-state index contributed by atoms with van der Waals surface area (Å²) >= 11 is 0. The zero-order chi connectivity index (χ0) is 18.5. The van der Waals surface area contributed by atoms with Crippen LogP contribution in [0.25, 0.3) is 0 Å². The van der Waals surface area contributed by atoms with E-state index in [1.165, 1.54) is 4.90 Å². The first-order valence-electron chi connectivity index (χ1n) is 9.01. The first kappa shape index (κ1) is 25.4. The third kappa shape index (κ3) is 9.89. The predicted octanol–water partition coefficient (Wildman–Crippen LogP) is 0.444. The average Bonchev–Trinajstić information content (AvgIpc) is 3.05. The molecule has 26 heavy (non-hydrogen) atoms. The predicted molar refractivity (Wildman–Crippen MR) is 113 cm³/mol. The van der Waals surface area contributed by atoms with Crippen LogP contribution < -0.4 is 10.6 Å². The Labute approximate surface area is 174 Å². The van der Waals surface area contributed by atoms with E-state index in [1.54, 1.807) is 14.1 Å². The summed E-state index contributed by atoms with van der Waals surface area (Å²) in [5, 5.41) is 15.9. The molecule has 1 atom stereocenters. The molecule has 0 aromatic heterocycles. The number of halogens is 1. The maximum absolute atomic E-state index is 11.8. The fraction of sp³-hybridized carbons (Fsp3) is 0.882. The van der Waals surface area contributed by atoms with E-state index >= 15 is 0 Å². The monoisotopic (exact) mass is 486 g/mol. The number of amides is 1. The molecule has 0 aliphatic carbocycles. The number of aliphatic hydroxyl groups is 1. The number of carbonyl (C=O) groups excluding carboxylic acids is 1. The number of hydrogen-bond donors (Lipinski definition) is 3. The van der Waals surface area contributed by atoms with Gasteiger partial charge in [-0.05, 0) is 26.2 Å². The van der Waals surface area contributed by atoms with Crippen LogP contribution in [0.4, 0.5) is 0 Å². The maximum atomic E-state index is 11.8. The van der Waals surface area contributed by atoms with Crippen molar-refractivity contribution in [3.05, 3.63) is 0 Å². The van der Waals surface area contributed by atoms with Crippen LogP contribution in [0.3, 0.4) is 0 Å². The number of carbonyl (C=O) groups is 1. The summed E-state index contributed by atoms with van der Waals surface area (Å²) in [7, 11) is 3.43. The molecule has 1 unspecified atom stereocenters. The van der Waals surface area contributed by atoms with Crippen molar-refractivity contribution in [1.29, 1.82) is 0 Å². The summed E-state index contributed by atoms with van der Waals surface area (Å²) < 4.78 is 10.8. The molecule has 0 aromatic carbocycles. The molecule has 9 heteroatoms. The van der Waals surface area contributed by atoms with E-state index < -0.39 is 0 Å². The largest absolute Gasteiger partial charge is 0.396 e. The number of nitrogens with one attached hydrogen (secondary N) is 2. The van der Waals surface area contributed by atoms with Crippen molar-refractivity contribution < 1.29 is 19.4 Å². The molecule has 0 saturated carbocycles. The highest BCUT2D eigenvalue weighted by Gasteiger charge is 2.34. The van der Waals surface area contributed by atoms with Crippen molar-refractivity contribution in [3.8, 4) is 0 Å². The van der Waals surface area contributed by atoms with Gasteiger partial charge in [-0.25, -0.2) is 4.99 Å². The molecule has 1 rings (SSSR count). The van der Waals surface area contributed by atoms with Crippen LogP contribution in [0.2, 0.25) is 0 Å². The van der Waals surface area contributed by atoms with Crippen LogP contribution in [-0.2, 0) is 14.3 Å². The molecule has 1 heterocycles. The third-order valence-corrected chi connectivity index (χ3v) is 4.29. The fourth-order valence-electron chi connectivity index (χ4n) is 2.57. The van der Waals surface area contributed by atoms with E-state index in [0.29, 0.717) is 45.3 Å². The smallest absolute Gasteiger partial charge is 0.243 e. The molecule has 0 radical (unpaired) electrons. The molecular weight excluding hydrogens is 451 g/mol. The van der Waals surface area contributed by atoms with Crippen LogP contribution in [0.1, 0.15) is 26.2 Å². The van der Waals surface area contributed by atoms with Crippen LogP contribution >= 0.6 is 24.0 Å². The summed E-state index contributed by atoms with van der Waals surface area (Å²) in [6.45, 7) is 6.32. The lowest BCUT2D eigenvalue weighted by Crippen LogP contribution is -2.45. The lowest BCUT2D eigenvalue weighted by atomic mass is 9.84. The zero-order valence-electron chi connectivity index (χ0n) is 16.3. The number of hydrogen-bond acceptors (Lipinski definition) is 5. The minimum Gasteiger partial charge on any atom is -0.396 e. The summed E-state index contributed by atoms with van der Waals surface area (Å²) in [5.74, 6) is 0.556. The molecule has 1 saturated heterocycles. The van der Waals surface area contributed by atoms with Crippen molar-refractivity contribution in [2.24, 2.45) is 10.4 Å². The van der Waals surface area contributed by atoms with Gasteiger partial charge < -0.3 is 30.1 Å². The summed E-state index contributed by atoms with van der Waals surface area (Å²) in [6, 6.07) is 0. The van der Waals surface area contributed by atoms with Gasteiger partial charge in [0.25, 0.3) is 0 Å². The van der Waals surface area contributed by atoms with Crippen LogP contribution in [-0.4, -0.2) is 88.6 Å². The van der Waals surface area contributed by atoms with Gasteiger partial charge in [0.2, 0.25) is 5.91 Å². The molecule has 0 spiro atoms. The standard InChI is InChI=1S/C17H34N4O4.HI/c1-4-24-10-5-8-18-16(19-12-15(23)21(2)3)20-13-17(6-9-22)7-11-25-14-17;/h22H,4-14H2,1-3H3,(H2,18,19,20);1H. The topological polar surface area (TPSA) is 95.4 Å². The number of likely N-dealkylation sites (N-methyl/N-ethyl adjacent to an activating group) is 1. The van der Waals surface area contributed by atoms with E-state index in [4.69, 9.17) is 9.47 Å². The molecule has 1 aliphatic heterocycles. The van der Waals surface area contributed by atoms with Gasteiger partial charge in [-0.1, -0.05) is 0 Å². The SMILES string of the molecule is CCOCCCNC(=NCC(=O)N(C)C)NCC1(CCO)CCOC1.I. The van der Waals surface area contributed by atoms with Crippen LogP contribution in [0, 0.1) is 5.41 Å². The van der Waals surface area contributed by atoms with Gasteiger partial charge in [0, 0.05) is 59.0 Å². The molecule has 0 bridgehead atoms. The summed E-state index contributed by atoms with van der Waals surface area (Å²) in [5.41, 5.74) is -0.0753. The van der Waals surface area contributed by atoms with E-state index in [1.807, 2.05) is 6.92 Å². The molecule has 8 nitrogen and oxygen atoms in total. The summed E-state index contributed by atoms with van der Waals surface area (Å²) in [4.78, 5) is 17.7. The van der Waals surface area contributed by atoms with Crippen molar-refractivity contribution in [1.82, 2.24) is 15.5 Å². The van der Waals surface area contributed by atoms with Gasteiger partial charge in [-0.3, -0.25) is 4.79 Å². The number of guanidine groups is 1. The first-order chi connectivity index (χ1) is 12.0. The Balaban J connectivity index is 0.00000625. The van der Waals surface area contributed by atoms with Gasteiger partial charge in [0.1, 0.15) is 6.54 Å². The van der Waals surface area contributed by atoms with Gasteiger partial charge in [-0.2, -0.15) is 0 Å². The molecule has 3 N–H and O–H groups in total.